The normalized spacial score (nSPS) is 12.0. The zero-order valence-electron chi connectivity index (χ0n) is 17.3. The van der Waals surface area contributed by atoms with Crippen molar-refractivity contribution in [3.05, 3.63) is 119 Å². The number of para-hydroxylation sites is 1. The van der Waals surface area contributed by atoms with Gasteiger partial charge in [-0.2, -0.15) is 0 Å². The van der Waals surface area contributed by atoms with Crippen molar-refractivity contribution >= 4 is 40.3 Å². The molecule has 0 saturated carbocycles. The number of carbonyl (C=O) groups excluding carboxylic acids is 2. The molecule has 3 N–H and O–H groups in total. The molecule has 0 aliphatic heterocycles. The van der Waals surface area contributed by atoms with E-state index in [2.05, 4.69) is 10.6 Å². The second-order valence-electron chi connectivity index (χ2n) is 7.61. The first-order valence-corrected chi connectivity index (χ1v) is 10.3. The molecule has 6 nitrogen and oxygen atoms in total. The Morgan fingerprint density at radius 1 is 0.576 bits per heavy atom. The number of aromatic carboxylic acids is 1. The van der Waals surface area contributed by atoms with Crippen molar-refractivity contribution in [3.63, 3.8) is 0 Å². The molecule has 0 bridgehead atoms. The third kappa shape index (κ3) is 3.64. The number of fused-ring (bicyclic) bond motifs is 2. The molecule has 160 valence electrons. The first-order chi connectivity index (χ1) is 16.0. The van der Waals surface area contributed by atoms with E-state index in [-0.39, 0.29) is 22.7 Å². The van der Waals surface area contributed by atoms with Gasteiger partial charge in [0, 0.05) is 22.5 Å². The minimum atomic E-state index is -1.02. The molecule has 33 heavy (non-hydrogen) atoms. The fraction of sp³-hybridized carbons (Fsp3) is 0. The summed E-state index contributed by atoms with van der Waals surface area (Å²) in [6.07, 6.45) is 0. The van der Waals surface area contributed by atoms with Gasteiger partial charge in [-0.3, -0.25) is 9.59 Å². The molecule has 6 heteroatoms. The van der Waals surface area contributed by atoms with E-state index >= 15 is 0 Å². The topological polar surface area (TPSA) is 95.5 Å². The Balaban J connectivity index is 1.63. The van der Waals surface area contributed by atoms with E-state index in [1.54, 1.807) is 48.5 Å². The van der Waals surface area contributed by atoms with E-state index in [1.807, 2.05) is 30.3 Å². The van der Waals surface area contributed by atoms with E-state index in [4.69, 9.17) is 5.11 Å². The predicted octanol–water partition coefficient (Wildman–Crippen LogP) is 5.65. The van der Waals surface area contributed by atoms with Gasteiger partial charge < -0.3 is 15.7 Å². The van der Waals surface area contributed by atoms with Crippen LogP contribution in [0, 0.1) is 0 Å². The largest absolute Gasteiger partial charge is 0.478 e. The van der Waals surface area contributed by atoms with Crippen molar-refractivity contribution in [1.82, 2.24) is 0 Å². The van der Waals surface area contributed by atoms with Gasteiger partial charge in [-0.15, -0.1) is 0 Å². The number of nitrogens with one attached hydrogen (secondary N) is 2. The molecule has 1 aliphatic rings. The molecule has 4 aromatic rings. The Morgan fingerprint density at radius 3 is 1.52 bits per heavy atom. The summed E-state index contributed by atoms with van der Waals surface area (Å²) >= 11 is 0. The molecule has 0 amide bonds. The lowest BCUT2D eigenvalue weighted by atomic mass is 9.82. The van der Waals surface area contributed by atoms with Crippen LogP contribution in [0.1, 0.15) is 42.2 Å². The summed E-state index contributed by atoms with van der Waals surface area (Å²) in [6, 6.07) is 25.9. The standard InChI is InChI=1S/C27H18N2O4/c30-25-19-8-4-5-9-20(19)26(31)24-22(29-18-12-10-16(11-13-18)27(32)33)15-14-21(23(24)25)28-17-6-2-1-3-7-17/h1-15,28-29H,(H,32,33). The van der Waals surface area contributed by atoms with Gasteiger partial charge in [0.25, 0.3) is 0 Å². The highest BCUT2D eigenvalue weighted by atomic mass is 16.4. The van der Waals surface area contributed by atoms with Gasteiger partial charge in [0.15, 0.2) is 11.6 Å². The summed E-state index contributed by atoms with van der Waals surface area (Å²) in [6.45, 7) is 0. The number of rotatable bonds is 5. The van der Waals surface area contributed by atoms with E-state index in [9.17, 15) is 14.4 Å². The van der Waals surface area contributed by atoms with Crippen molar-refractivity contribution in [3.8, 4) is 0 Å². The maximum absolute atomic E-state index is 13.5. The molecular formula is C27H18N2O4. The third-order valence-electron chi connectivity index (χ3n) is 5.54. The number of ketones is 2. The Bertz CT molecular complexity index is 1410. The minimum Gasteiger partial charge on any atom is -0.478 e. The van der Waals surface area contributed by atoms with Crippen molar-refractivity contribution in [2.24, 2.45) is 0 Å². The lowest BCUT2D eigenvalue weighted by Crippen LogP contribution is -2.23. The van der Waals surface area contributed by atoms with E-state index in [1.165, 1.54) is 12.1 Å². The summed E-state index contributed by atoms with van der Waals surface area (Å²) in [5, 5.41) is 15.6. The van der Waals surface area contributed by atoms with Gasteiger partial charge in [0.1, 0.15) is 0 Å². The fourth-order valence-electron chi connectivity index (χ4n) is 3.96. The molecule has 0 radical (unpaired) electrons. The van der Waals surface area contributed by atoms with Crippen LogP contribution in [0.4, 0.5) is 22.7 Å². The van der Waals surface area contributed by atoms with Crippen LogP contribution in [0.3, 0.4) is 0 Å². The molecule has 0 unspecified atom stereocenters. The molecule has 0 fully saturated rings. The summed E-state index contributed by atoms with van der Waals surface area (Å²) in [5.74, 6) is -1.50. The lowest BCUT2D eigenvalue weighted by molar-refractivity contribution is 0.0696. The van der Waals surface area contributed by atoms with Gasteiger partial charge in [-0.25, -0.2) is 4.79 Å². The lowest BCUT2D eigenvalue weighted by Gasteiger charge is -2.24. The number of hydrogen-bond donors (Lipinski definition) is 3. The van der Waals surface area contributed by atoms with Crippen molar-refractivity contribution in [2.45, 2.75) is 0 Å². The second kappa shape index (κ2) is 8.09. The number of carbonyl (C=O) groups is 3. The Labute approximate surface area is 189 Å². The van der Waals surface area contributed by atoms with Crippen LogP contribution in [0.2, 0.25) is 0 Å². The number of anilines is 4. The zero-order valence-corrected chi connectivity index (χ0v) is 17.3. The van der Waals surface area contributed by atoms with Gasteiger partial charge in [-0.1, -0.05) is 42.5 Å². The number of benzene rings is 4. The van der Waals surface area contributed by atoms with E-state index in [0.29, 0.717) is 33.8 Å². The van der Waals surface area contributed by atoms with Crippen LogP contribution in [0.25, 0.3) is 0 Å². The number of hydrogen-bond acceptors (Lipinski definition) is 5. The van der Waals surface area contributed by atoms with Gasteiger partial charge in [0.05, 0.1) is 28.1 Å². The van der Waals surface area contributed by atoms with Crippen LogP contribution in [-0.4, -0.2) is 22.6 Å². The first kappa shape index (κ1) is 20.2. The molecule has 4 aromatic carbocycles. The van der Waals surface area contributed by atoms with Crippen molar-refractivity contribution < 1.29 is 19.5 Å². The van der Waals surface area contributed by atoms with Crippen molar-refractivity contribution in [1.29, 1.82) is 0 Å². The average molecular weight is 434 g/mol. The molecule has 5 rings (SSSR count). The van der Waals surface area contributed by atoms with Crippen LogP contribution in [0.5, 0.6) is 0 Å². The molecular weight excluding hydrogens is 416 g/mol. The predicted molar refractivity (Wildman–Crippen MR) is 126 cm³/mol. The Morgan fingerprint density at radius 2 is 1.03 bits per heavy atom. The Hall–Kier alpha value is -4.71. The molecule has 0 heterocycles. The summed E-state index contributed by atoms with van der Waals surface area (Å²) in [7, 11) is 0. The number of carboxylic acids is 1. The molecule has 0 atom stereocenters. The van der Waals surface area contributed by atoms with Gasteiger partial charge >= 0.3 is 5.97 Å². The summed E-state index contributed by atoms with van der Waals surface area (Å²) < 4.78 is 0. The summed E-state index contributed by atoms with van der Waals surface area (Å²) in [4.78, 5) is 38.2. The molecule has 1 aliphatic carbocycles. The van der Waals surface area contributed by atoms with Crippen LogP contribution >= 0.6 is 0 Å². The maximum atomic E-state index is 13.5. The summed E-state index contributed by atoms with van der Waals surface area (Å²) in [5.41, 5.74) is 3.87. The molecule has 0 aromatic heterocycles. The third-order valence-corrected chi connectivity index (χ3v) is 5.54. The highest BCUT2D eigenvalue weighted by molar-refractivity contribution is 6.32. The van der Waals surface area contributed by atoms with Gasteiger partial charge in [-0.05, 0) is 48.5 Å². The van der Waals surface area contributed by atoms with Crippen LogP contribution in [-0.2, 0) is 0 Å². The zero-order chi connectivity index (χ0) is 22.9. The minimum absolute atomic E-state index is 0.158. The van der Waals surface area contributed by atoms with Crippen LogP contribution < -0.4 is 10.6 Å². The SMILES string of the molecule is O=C(O)c1ccc(Nc2ccc(Nc3ccccc3)c3c2C(=O)c2ccccc2C3=O)cc1. The Kier molecular flexibility index (Phi) is 4.95. The quantitative estimate of drug-likeness (QED) is 0.331. The monoisotopic (exact) mass is 434 g/mol. The average Bonchev–Trinajstić information content (AvgIpc) is 2.84. The van der Waals surface area contributed by atoms with Crippen molar-refractivity contribution in [2.75, 3.05) is 10.6 Å². The number of carboxylic acid groups (broad SMARTS) is 1. The van der Waals surface area contributed by atoms with E-state index in [0.717, 1.165) is 5.69 Å². The van der Waals surface area contributed by atoms with Gasteiger partial charge in [0.2, 0.25) is 0 Å². The van der Waals surface area contributed by atoms with E-state index < -0.39 is 5.97 Å². The molecule has 0 saturated heterocycles. The van der Waals surface area contributed by atoms with Crippen LogP contribution in [0.15, 0.2) is 91.0 Å². The second-order valence-corrected chi connectivity index (χ2v) is 7.61. The highest BCUT2D eigenvalue weighted by Gasteiger charge is 2.34. The molecule has 0 spiro atoms. The smallest absolute Gasteiger partial charge is 0.335 e. The maximum Gasteiger partial charge on any atom is 0.335 e. The fourth-order valence-corrected chi connectivity index (χ4v) is 3.96. The highest BCUT2D eigenvalue weighted by Crippen LogP contribution is 2.38. The first-order valence-electron chi connectivity index (χ1n) is 10.3.